The molecule has 0 radical (unpaired) electrons. The third kappa shape index (κ3) is 8.66. The first kappa shape index (κ1) is 56.7. The Morgan fingerprint density at radius 1 is 0.414 bits per heavy atom. The lowest BCUT2D eigenvalue weighted by molar-refractivity contribution is -0.135. The highest BCUT2D eigenvalue weighted by Crippen LogP contribution is 2.62. The van der Waals surface area contributed by atoms with Crippen LogP contribution in [-0.2, 0) is 30.1 Å². The maximum absolute atomic E-state index is 15.3. The zero-order valence-corrected chi connectivity index (χ0v) is 43.1. The summed E-state index contributed by atoms with van der Waals surface area (Å²) in [5, 5.41) is 222. The largest absolute Gasteiger partial charge is 0.507 e. The normalized spacial score (nSPS) is 20.4. The molecule has 7 aromatic carbocycles. The summed E-state index contributed by atoms with van der Waals surface area (Å²) in [6.07, 6.45) is -15.4. The van der Waals surface area contributed by atoms with E-state index in [4.69, 9.17) is 28.4 Å². The molecule has 4 heterocycles. The van der Waals surface area contributed by atoms with Crippen LogP contribution in [0.15, 0.2) is 54.6 Å². The van der Waals surface area contributed by atoms with Gasteiger partial charge in [-0.1, -0.05) is 6.07 Å². The van der Waals surface area contributed by atoms with Gasteiger partial charge in [0.15, 0.2) is 99.2 Å². The molecule has 4 aliphatic rings. The summed E-state index contributed by atoms with van der Waals surface area (Å²) in [5.74, 6) is -37.9. The number of aliphatic hydroxyl groups excluding tert-OH is 1. The number of hydrogen-bond donors (Lipinski definition) is 20. The van der Waals surface area contributed by atoms with Gasteiger partial charge in [0.1, 0.15) is 30.0 Å². The van der Waals surface area contributed by atoms with Gasteiger partial charge in [-0.15, -0.1) is 0 Å². The van der Waals surface area contributed by atoms with Crippen molar-refractivity contribution in [2.24, 2.45) is 0 Å². The number of carbonyl (C=O) groups is 5. The van der Waals surface area contributed by atoms with Crippen molar-refractivity contribution in [3.8, 4) is 137 Å². The third-order valence-corrected chi connectivity index (χ3v) is 14.9. The van der Waals surface area contributed by atoms with Gasteiger partial charge in [0.2, 0.25) is 23.0 Å². The highest BCUT2D eigenvalue weighted by Gasteiger charge is 2.56. The number of aliphatic hydroxyl groups is 1. The first-order valence-corrected chi connectivity index (χ1v) is 24.9. The second-order valence-electron chi connectivity index (χ2n) is 19.9. The van der Waals surface area contributed by atoms with Crippen molar-refractivity contribution >= 4 is 29.8 Å². The van der Waals surface area contributed by atoms with Crippen molar-refractivity contribution in [3.63, 3.8) is 0 Å². The minimum absolute atomic E-state index is 0.0205. The van der Waals surface area contributed by atoms with Gasteiger partial charge in [0, 0.05) is 51.4 Å². The molecule has 0 saturated heterocycles. The molecule has 4 aliphatic heterocycles. The van der Waals surface area contributed by atoms with Crippen LogP contribution in [0.25, 0.3) is 22.3 Å². The van der Waals surface area contributed by atoms with Gasteiger partial charge in [0.05, 0.1) is 39.8 Å². The van der Waals surface area contributed by atoms with Gasteiger partial charge in [-0.05, 0) is 48.0 Å². The summed E-state index contributed by atoms with van der Waals surface area (Å²) in [6, 6.07) is 6.01. The van der Waals surface area contributed by atoms with Crippen molar-refractivity contribution in [1.29, 1.82) is 0 Å². The average Bonchev–Trinajstić information content (AvgIpc) is 0.968. The standard InChI is InChI=1S/C56H40O31/c57-18-2-1-12(3-19(18)58)48-26(65)6-14-27(83-48)10-20(59)32(37(14)66)35-34-36-33(45(74)47(76)46(34)75)31-17(9-25(64)41(70)44(31)73)55(80)87-51(50(35)86-56(36)81)49-28(84-52(77)13-4-21(60)38(67)22(61)5-13)11-82-53(78)15-7-23(62)39(68)42(71)29(15)30-16(54(79)85-49)8-24(63)40(69)43(30)72/h1-5,7-10,26,28,35,48-51,57-76H,6,11H2/t26-,28+,35?,48+,49?,50-,51-/m0/s1. The molecule has 31 heteroatoms. The Hall–Kier alpha value is -12.2. The van der Waals surface area contributed by atoms with E-state index < -0.39 is 267 Å². The third-order valence-electron chi connectivity index (χ3n) is 14.9. The molecule has 0 aromatic heterocycles. The summed E-state index contributed by atoms with van der Waals surface area (Å²) < 4.78 is 35.1. The number of aromatic hydroxyl groups is 19. The molecule has 7 atom stereocenters. The Labute approximate surface area is 480 Å². The summed E-state index contributed by atoms with van der Waals surface area (Å²) in [4.78, 5) is 74.4. The molecule has 0 amide bonds. The monoisotopic (exact) mass is 1210 g/mol. The van der Waals surface area contributed by atoms with Crippen molar-refractivity contribution in [2.45, 2.75) is 49.0 Å². The maximum Gasteiger partial charge on any atom is 0.339 e. The lowest BCUT2D eigenvalue weighted by Crippen LogP contribution is -2.56. The van der Waals surface area contributed by atoms with Crippen LogP contribution in [0.5, 0.6) is 115 Å². The van der Waals surface area contributed by atoms with E-state index in [1.165, 1.54) is 6.07 Å². The Morgan fingerprint density at radius 2 is 0.908 bits per heavy atom. The molecule has 0 aliphatic carbocycles. The molecule has 87 heavy (non-hydrogen) atoms. The minimum atomic E-state index is -3.00. The van der Waals surface area contributed by atoms with E-state index >= 15 is 14.4 Å². The molecule has 450 valence electrons. The Morgan fingerprint density at radius 3 is 1.46 bits per heavy atom. The molecule has 20 N–H and O–H groups in total. The molecule has 2 unspecified atom stereocenters. The number of cyclic esters (lactones) is 3. The van der Waals surface area contributed by atoms with Gasteiger partial charge < -0.3 is 131 Å². The molecular weight excluding hydrogens is 1170 g/mol. The van der Waals surface area contributed by atoms with Crippen LogP contribution in [0.2, 0.25) is 0 Å². The quantitative estimate of drug-likeness (QED) is 0.0668. The Balaban J connectivity index is 1.22. The summed E-state index contributed by atoms with van der Waals surface area (Å²) >= 11 is 0. The van der Waals surface area contributed by atoms with Gasteiger partial charge in [0.25, 0.3) is 0 Å². The lowest BCUT2D eigenvalue weighted by Gasteiger charge is -2.43. The van der Waals surface area contributed by atoms with Crippen molar-refractivity contribution in [3.05, 3.63) is 105 Å². The van der Waals surface area contributed by atoms with Crippen molar-refractivity contribution in [2.75, 3.05) is 6.61 Å². The van der Waals surface area contributed by atoms with E-state index in [0.29, 0.717) is 30.3 Å². The van der Waals surface area contributed by atoms with Crippen LogP contribution in [0.1, 0.15) is 86.1 Å². The van der Waals surface area contributed by atoms with E-state index in [-0.39, 0.29) is 5.56 Å². The first-order valence-electron chi connectivity index (χ1n) is 24.9. The molecule has 0 saturated carbocycles. The number of rotatable bonds is 5. The van der Waals surface area contributed by atoms with Gasteiger partial charge >= 0.3 is 29.8 Å². The van der Waals surface area contributed by atoms with Crippen LogP contribution in [0.4, 0.5) is 0 Å². The molecule has 11 rings (SSSR count). The average molecular weight is 1210 g/mol. The highest BCUT2D eigenvalue weighted by atomic mass is 16.6. The van der Waals surface area contributed by atoms with Crippen molar-refractivity contribution < 1.29 is 155 Å². The molecule has 0 fully saturated rings. The molecule has 7 aromatic rings. The number of carbonyl (C=O) groups excluding carboxylic acids is 5. The minimum Gasteiger partial charge on any atom is -0.507 e. The van der Waals surface area contributed by atoms with Gasteiger partial charge in [-0.2, -0.15) is 0 Å². The maximum atomic E-state index is 15.3. The van der Waals surface area contributed by atoms with Gasteiger partial charge in [-0.3, -0.25) is 0 Å². The van der Waals surface area contributed by atoms with Crippen LogP contribution < -0.4 is 4.74 Å². The second-order valence-corrected chi connectivity index (χ2v) is 19.9. The first-order chi connectivity index (χ1) is 41.0. The molecular formula is C56H40O31. The predicted molar refractivity (Wildman–Crippen MR) is 277 cm³/mol. The van der Waals surface area contributed by atoms with Gasteiger partial charge in [-0.25, -0.2) is 24.0 Å². The molecule has 0 spiro atoms. The Kier molecular flexibility index (Phi) is 13.1. The van der Waals surface area contributed by atoms with E-state index in [1.807, 2.05) is 0 Å². The van der Waals surface area contributed by atoms with E-state index in [9.17, 15) is 112 Å². The number of ether oxygens (including phenoxy) is 6. The second kappa shape index (κ2) is 20.0. The fourth-order valence-corrected chi connectivity index (χ4v) is 10.9. The zero-order valence-electron chi connectivity index (χ0n) is 43.1. The lowest BCUT2D eigenvalue weighted by atomic mass is 9.74. The van der Waals surface area contributed by atoms with Crippen LogP contribution in [0.3, 0.4) is 0 Å². The van der Waals surface area contributed by atoms with E-state index in [2.05, 4.69) is 0 Å². The number of benzene rings is 7. The summed E-state index contributed by atoms with van der Waals surface area (Å²) in [5.41, 5.74) is -13.3. The highest BCUT2D eigenvalue weighted by molar-refractivity contribution is 6.11. The number of hydrogen-bond acceptors (Lipinski definition) is 31. The van der Waals surface area contributed by atoms with Crippen molar-refractivity contribution in [1.82, 2.24) is 0 Å². The van der Waals surface area contributed by atoms with E-state index in [1.54, 1.807) is 0 Å². The zero-order chi connectivity index (χ0) is 63.0. The molecule has 2 bridgehead atoms. The smallest absolute Gasteiger partial charge is 0.339 e. The topological polar surface area (TPSA) is 545 Å². The fourth-order valence-electron chi connectivity index (χ4n) is 10.9. The SMILES string of the molecule is O=C(O[C@@H]1COC(=O)c2cc(O)c(O)c(O)c2-c2c(cc(O)c(O)c2O)C(=O)OC1[C@@H]1OC(=O)c2cc(O)c(O)c(O)c2-c2c(O)c(O)c(O)c3c2C(=O)O[C@H]1C3c1c(O)cc2c(c1O)C[C@H](O)[C@@H](c1ccc(O)c(O)c1)O2)c1cc(O)c(O)c(O)c1. The number of phenolic OH excluding ortho intramolecular Hbond substituents is 19. The predicted octanol–water partition coefficient (Wildman–Crippen LogP) is 3.30. The number of phenols is 19. The van der Waals surface area contributed by atoms with Crippen LogP contribution in [0, 0.1) is 0 Å². The number of esters is 5. The summed E-state index contributed by atoms with van der Waals surface area (Å²) in [6.45, 7) is -1.63. The van der Waals surface area contributed by atoms with Crippen LogP contribution >= 0.6 is 0 Å². The summed E-state index contributed by atoms with van der Waals surface area (Å²) in [7, 11) is 0. The molecule has 31 nitrogen and oxygen atoms in total. The number of fused-ring (bicyclic) bond motifs is 8. The van der Waals surface area contributed by atoms with Crippen LogP contribution in [-0.4, -0.2) is 169 Å². The fraction of sp³-hybridized carbons (Fsp3) is 0.161. The Bertz CT molecular complexity index is 4220. The van der Waals surface area contributed by atoms with E-state index in [0.717, 1.165) is 18.2 Å².